The summed E-state index contributed by atoms with van der Waals surface area (Å²) in [5.41, 5.74) is 0.715. The van der Waals surface area contributed by atoms with Gasteiger partial charge < -0.3 is 24.4 Å². The summed E-state index contributed by atoms with van der Waals surface area (Å²) >= 11 is 0. The Morgan fingerprint density at radius 1 is 1.42 bits per heavy atom. The van der Waals surface area contributed by atoms with Crippen molar-refractivity contribution in [2.75, 3.05) is 25.1 Å². The molecule has 1 aliphatic heterocycles. The van der Waals surface area contributed by atoms with E-state index in [4.69, 9.17) is 9.15 Å². The fourth-order valence-corrected chi connectivity index (χ4v) is 3.44. The third-order valence-electron chi connectivity index (χ3n) is 4.75. The van der Waals surface area contributed by atoms with Gasteiger partial charge in [-0.1, -0.05) is 0 Å². The van der Waals surface area contributed by atoms with Gasteiger partial charge in [-0.05, 0) is 37.1 Å². The number of methoxy groups -OCH3 is 1. The maximum atomic E-state index is 12.0. The molecule has 4 rings (SSSR count). The minimum Gasteiger partial charge on any atom is -0.497 e. The second kappa shape index (κ2) is 7.21. The minimum atomic E-state index is -0.139. The number of ether oxygens (including phenoxy) is 1. The number of nitrogens with one attached hydrogen (secondary N) is 2. The second-order valence-electron chi connectivity index (χ2n) is 6.52. The van der Waals surface area contributed by atoms with Crippen LogP contribution in [0.1, 0.15) is 18.6 Å². The Balaban J connectivity index is 1.41. The molecule has 7 heteroatoms. The number of anilines is 1. The van der Waals surface area contributed by atoms with Crippen molar-refractivity contribution in [1.29, 1.82) is 0 Å². The van der Waals surface area contributed by atoms with Crippen LogP contribution in [0, 0.1) is 0 Å². The summed E-state index contributed by atoms with van der Waals surface area (Å²) < 4.78 is 11.1. The maximum Gasteiger partial charge on any atom is 0.290 e. The van der Waals surface area contributed by atoms with E-state index in [2.05, 4.69) is 15.3 Å². The molecule has 0 saturated carbocycles. The molecule has 1 atom stereocenters. The van der Waals surface area contributed by atoms with E-state index < -0.39 is 0 Å². The molecule has 1 unspecified atom stereocenters. The van der Waals surface area contributed by atoms with E-state index in [1.807, 2.05) is 29.2 Å². The van der Waals surface area contributed by atoms with Crippen molar-refractivity contribution in [3.05, 3.63) is 52.8 Å². The van der Waals surface area contributed by atoms with Crippen LogP contribution < -0.4 is 20.5 Å². The summed E-state index contributed by atoms with van der Waals surface area (Å²) in [6.07, 6.45) is 5.26. The summed E-state index contributed by atoms with van der Waals surface area (Å²) in [6, 6.07) is 8.11. The van der Waals surface area contributed by atoms with E-state index >= 15 is 0 Å². The van der Waals surface area contributed by atoms with Crippen LogP contribution in [-0.2, 0) is 6.54 Å². The number of aromatic nitrogens is 2. The summed E-state index contributed by atoms with van der Waals surface area (Å²) in [4.78, 5) is 20.9. The Morgan fingerprint density at radius 2 is 2.35 bits per heavy atom. The molecule has 1 aliphatic rings. The monoisotopic (exact) mass is 354 g/mol. The second-order valence-corrected chi connectivity index (χ2v) is 6.52. The Bertz CT molecular complexity index is 949. The van der Waals surface area contributed by atoms with Crippen molar-refractivity contribution in [1.82, 2.24) is 15.3 Å². The topological polar surface area (TPSA) is 83.4 Å². The van der Waals surface area contributed by atoms with Crippen LogP contribution in [0.3, 0.4) is 0 Å². The molecule has 136 valence electrons. The number of fused-ring (bicyclic) bond motifs is 1. The van der Waals surface area contributed by atoms with Gasteiger partial charge in [0.05, 0.1) is 13.7 Å². The van der Waals surface area contributed by atoms with Crippen LogP contribution in [0.2, 0.25) is 0 Å². The zero-order valence-electron chi connectivity index (χ0n) is 14.7. The van der Waals surface area contributed by atoms with Crippen molar-refractivity contribution in [3.8, 4) is 5.75 Å². The van der Waals surface area contributed by atoms with Crippen LogP contribution in [-0.4, -0.2) is 36.2 Å². The van der Waals surface area contributed by atoms with Crippen LogP contribution in [0.5, 0.6) is 5.75 Å². The lowest BCUT2D eigenvalue weighted by atomic mass is 10.1. The van der Waals surface area contributed by atoms with Crippen molar-refractivity contribution in [2.24, 2.45) is 0 Å². The first-order chi connectivity index (χ1) is 12.7. The largest absolute Gasteiger partial charge is 0.497 e. The predicted molar refractivity (Wildman–Crippen MR) is 99.7 cm³/mol. The molecule has 26 heavy (non-hydrogen) atoms. The Kier molecular flexibility index (Phi) is 4.62. The average Bonchev–Trinajstić information content (AvgIpc) is 3.09. The highest BCUT2D eigenvalue weighted by Crippen LogP contribution is 2.24. The lowest BCUT2D eigenvalue weighted by molar-refractivity contribution is 0.399. The van der Waals surface area contributed by atoms with Gasteiger partial charge in [0, 0.05) is 36.9 Å². The predicted octanol–water partition coefficient (Wildman–Crippen LogP) is 2.28. The van der Waals surface area contributed by atoms with Gasteiger partial charge in [0.1, 0.15) is 17.1 Å². The zero-order valence-corrected chi connectivity index (χ0v) is 14.7. The van der Waals surface area contributed by atoms with Crippen LogP contribution in [0.25, 0.3) is 11.0 Å². The Labute approximate surface area is 151 Å². The molecule has 0 amide bonds. The van der Waals surface area contributed by atoms with Crippen LogP contribution in [0.4, 0.5) is 5.82 Å². The van der Waals surface area contributed by atoms with Gasteiger partial charge in [-0.3, -0.25) is 4.79 Å². The van der Waals surface area contributed by atoms with E-state index in [0.29, 0.717) is 12.4 Å². The first-order valence-corrected chi connectivity index (χ1v) is 8.81. The minimum absolute atomic E-state index is 0.139. The smallest absolute Gasteiger partial charge is 0.290 e. The Hall–Kier alpha value is -2.80. The van der Waals surface area contributed by atoms with E-state index in [0.717, 1.165) is 48.4 Å². The normalized spacial score (nSPS) is 17.6. The van der Waals surface area contributed by atoms with Gasteiger partial charge in [-0.2, -0.15) is 0 Å². The fourth-order valence-electron chi connectivity index (χ4n) is 3.44. The molecule has 1 fully saturated rings. The average molecular weight is 354 g/mol. The third kappa shape index (κ3) is 3.43. The first-order valence-electron chi connectivity index (χ1n) is 8.81. The lowest BCUT2D eigenvalue weighted by Crippen LogP contribution is -2.47. The quantitative estimate of drug-likeness (QED) is 0.731. The molecule has 0 aliphatic carbocycles. The molecule has 1 saturated heterocycles. The number of nitrogens with zero attached hydrogens (tertiary/aromatic N) is 2. The highest BCUT2D eigenvalue weighted by atomic mass is 16.5. The SMILES string of the molecule is COc1ccc2oc(CNC3CCCN(c4ncc[nH]c4=O)C3)cc2c1. The molecule has 2 N–H and O–H groups in total. The maximum absolute atomic E-state index is 12.0. The van der Waals surface area contributed by atoms with Gasteiger partial charge in [0.15, 0.2) is 5.82 Å². The highest BCUT2D eigenvalue weighted by Gasteiger charge is 2.22. The van der Waals surface area contributed by atoms with E-state index in [9.17, 15) is 4.79 Å². The van der Waals surface area contributed by atoms with Gasteiger partial charge in [-0.15, -0.1) is 0 Å². The number of hydrogen-bond acceptors (Lipinski definition) is 6. The van der Waals surface area contributed by atoms with Crippen molar-refractivity contribution < 1.29 is 9.15 Å². The molecule has 0 radical (unpaired) electrons. The molecule has 7 nitrogen and oxygen atoms in total. The number of hydrogen-bond donors (Lipinski definition) is 2. The van der Waals surface area contributed by atoms with Gasteiger partial charge in [0.25, 0.3) is 5.56 Å². The fraction of sp³-hybridized carbons (Fsp3) is 0.368. The number of aromatic amines is 1. The summed E-state index contributed by atoms with van der Waals surface area (Å²) in [7, 11) is 1.66. The third-order valence-corrected chi connectivity index (χ3v) is 4.75. The number of H-pyrrole nitrogens is 1. The van der Waals surface area contributed by atoms with Crippen LogP contribution in [0.15, 0.2) is 45.9 Å². The molecular formula is C19H22N4O3. The highest BCUT2D eigenvalue weighted by molar-refractivity contribution is 5.79. The summed E-state index contributed by atoms with van der Waals surface area (Å²) in [5, 5.41) is 4.57. The standard InChI is InChI=1S/C19H22N4O3/c1-25-15-4-5-17-13(9-15)10-16(26-17)11-22-14-3-2-8-23(12-14)18-19(24)21-7-6-20-18/h4-7,9-10,14,22H,2-3,8,11-12H2,1H3,(H,21,24). The molecule has 3 aromatic rings. The Morgan fingerprint density at radius 3 is 3.19 bits per heavy atom. The first kappa shape index (κ1) is 16.7. The number of benzene rings is 1. The molecule has 3 heterocycles. The molecule has 1 aromatic carbocycles. The van der Waals surface area contributed by atoms with E-state index in [-0.39, 0.29) is 11.6 Å². The summed E-state index contributed by atoms with van der Waals surface area (Å²) in [6.45, 7) is 2.25. The zero-order chi connectivity index (χ0) is 17.9. The van der Waals surface area contributed by atoms with Gasteiger partial charge in [0.2, 0.25) is 0 Å². The van der Waals surface area contributed by atoms with Crippen molar-refractivity contribution >= 4 is 16.8 Å². The van der Waals surface area contributed by atoms with Crippen molar-refractivity contribution in [3.63, 3.8) is 0 Å². The molecule has 0 spiro atoms. The van der Waals surface area contributed by atoms with Crippen LogP contribution >= 0.6 is 0 Å². The van der Waals surface area contributed by atoms with E-state index in [1.165, 1.54) is 0 Å². The number of furan rings is 1. The molecule has 0 bridgehead atoms. The number of piperidine rings is 1. The number of rotatable bonds is 5. The van der Waals surface area contributed by atoms with Crippen molar-refractivity contribution in [2.45, 2.75) is 25.4 Å². The van der Waals surface area contributed by atoms with E-state index in [1.54, 1.807) is 19.5 Å². The van der Waals surface area contributed by atoms with Gasteiger partial charge in [-0.25, -0.2) is 4.98 Å². The summed E-state index contributed by atoms with van der Waals surface area (Å²) in [5.74, 6) is 2.21. The molecule has 2 aromatic heterocycles. The molecular weight excluding hydrogens is 332 g/mol. The lowest BCUT2D eigenvalue weighted by Gasteiger charge is -2.33. The van der Waals surface area contributed by atoms with Gasteiger partial charge >= 0.3 is 0 Å².